The number of hydrogen-bond acceptors (Lipinski definition) is 6. The Labute approximate surface area is 214 Å². The van der Waals surface area contributed by atoms with Gasteiger partial charge in [0, 0.05) is 47.4 Å². The largest absolute Gasteiger partial charge is 0.507 e. The quantitative estimate of drug-likeness (QED) is 0.267. The number of oxime groups is 1. The molecule has 190 valence electrons. The van der Waals surface area contributed by atoms with Gasteiger partial charge in [-0.25, -0.2) is 8.78 Å². The minimum atomic E-state index is -0.516. The van der Waals surface area contributed by atoms with Crippen LogP contribution >= 0.6 is 0 Å². The average Bonchev–Trinajstić information content (AvgIpc) is 2.88. The lowest BCUT2D eigenvalue weighted by atomic mass is 9.95. The summed E-state index contributed by atoms with van der Waals surface area (Å²) in [5.74, 6) is -0.944. The molecule has 1 saturated heterocycles. The molecule has 3 aromatic carbocycles. The molecule has 0 bridgehead atoms. The summed E-state index contributed by atoms with van der Waals surface area (Å²) >= 11 is 0. The first kappa shape index (κ1) is 24.6. The van der Waals surface area contributed by atoms with E-state index in [1.165, 1.54) is 37.6 Å². The molecule has 8 heteroatoms. The second-order valence-corrected chi connectivity index (χ2v) is 9.40. The number of anilines is 1. The number of hydrogen-bond donors (Lipinski definition) is 2. The summed E-state index contributed by atoms with van der Waals surface area (Å²) in [7, 11) is 1.37. The monoisotopic (exact) mass is 502 g/mol. The third kappa shape index (κ3) is 4.97. The van der Waals surface area contributed by atoms with E-state index in [0.29, 0.717) is 11.1 Å². The summed E-state index contributed by atoms with van der Waals surface area (Å²) < 4.78 is 28.9. The molecule has 0 unspecified atom stereocenters. The van der Waals surface area contributed by atoms with Crippen molar-refractivity contribution >= 4 is 22.8 Å². The van der Waals surface area contributed by atoms with E-state index in [2.05, 4.69) is 15.0 Å². The number of phenolic OH excluding ortho intramolecular Hbond substituents is 1. The molecule has 6 nitrogen and oxygen atoms in total. The summed E-state index contributed by atoms with van der Waals surface area (Å²) in [6.07, 6.45) is 4.70. The molecular formula is C29H28F2N4O2. The van der Waals surface area contributed by atoms with Crippen LogP contribution in [-0.4, -0.2) is 42.5 Å². The van der Waals surface area contributed by atoms with Gasteiger partial charge in [0.05, 0.1) is 17.4 Å². The Kier molecular flexibility index (Phi) is 6.76. The number of benzene rings is 3. The van der Waals surface area contributed by atoms with Crippen LogP contribution in [0.15, 0.2) is 59.9 Å². The molecule has 0 saturated carbocycles. The van der Waals surface area contributed by atoms with Gasteiger partial charge < -0.3 is 20.6 Å². The van der Waals surface area contributed by atoms with Gasteiger partial charge in [0.1, 0.15) is 24.5 Å². The number of fused-ring (bicyclic) bond motifs is 1. The highest BCUT2D eigenvalue weighted by Crippen LogP contribution is 2.41. The first-order valence-electron chi connectivity index (χ1n) is 12.1. The van der Waals surface area contributed by atoms with E-state index in [1.807, 2.05) is 25.1 Å². The van der Waals surface area contributed by atoms with Crippen LogP contribution < -0.4 is 10.6 Å². The standard InChI is InChI=1S/C29H28F2N4O2/c1-17-9-19(11-21(30)10-17)26-16-33-27-4-3-18(13-25(27)28(26)35-7-5-23(32)6-8-35)24-14-22(31)12-20(29(24)36)15-34-37-2/h3-4,9-16,23,36H,5-8,32H2,1-2H3. The van der Waals surface area contributed by atoms with E-state index in [-0.39, 0.29) is 23.2 Å². The molecule has 1 aliphatic heterocycles. The third-order valence-corrected chi connectivity index (χ3v) is 6.76. The smallest absolute Gasteiger partial charge is 0.132 e. The van der Waals surface area contributed by atoms with Crippen LogP contribution in [0.2, 0.25) is 0 Å². The summed E-state index contributed by atoms with van der Waals surface area (Å²) in [5.41, 5.74) is 11.3. The van der Waals surface area contributed by atoms with Crippen LogP contribution in [0.3, 0.4) is 0 Å². The number of halogens is 2. The number of aryl methyl sites for hydroxylation is 1. The molecule has 1 aliphatic rings. The van der Waals surface area contributed by atoms with Gasteiger partial charge in [0.15, 0.2) is 0 Å². The molecule has 3 N–H and O–H groups in total. The summed E-state index contributed by atoms with van der Waals surface area (Å²) in [5, 5.41) is 15.4. The number of phenols is 1. The van der Waals surface area contributed by atoms with Gasteiger partial charge in [-0.05, 0) is 72.9 Å². The maximum Gasteiger partial charge on any atom is 0.132 e. The fourth-order valence-electron chi connectivity index (χ4n) is 4.96. The zero-order valence-electron chi connectivity index (χ0n) is 20.7. The van der Waals surface area contributed by atoms with Gasteiger partial charge in [0.25, 0.3) is 0 Å². The lowest BCUT2D eigenvalue weighted by Crippen LogP contribution is -2.40. The van der Waals surface area contributed by atoms with Crippen molar-refractivity contribution < 1.29 is 18.7 Å². The molecule has 0 spiro atoms. The van der Waals surface area contributed by atoms with Crippen LogP contribution in [0, 0.1) is 18.6 Å². The first-order chi connectivity index (χ1) is 17.8. The Morgan fingerprint density at radius 1 is 1.03 bits per heavy atom. The molecule has 1 fully saturated rings. The van der Waals surface area contributed by atoms with E-state index in [0.717, 1.165) is 59.2 Å². The molecule has 0 radical (unpaired) electrons. The molecule has 37 heavy (non-hydrogen) atoms. The SMILES string of the molecule is CON=Cc1cc(F)cc(-c2ccc3ncc(-c4cc(C)cc(F)c4)c(N4CCC(N)CC4)c3c2)c1O. The highest BCUT2D eigenvalue weighted by molar-refractivity contribution is 6.02. The Bertz CT molecular complexity index is 1480. The summed E-state index contributed by atoms with van der Waals surface area (Å²) in [4.78, 5) is 11.6. The van der Waals surface area contributed by atoms with Crippen molar-refractivity contribution in [3.63, 3.8) is 0 Å². The lowest BCUT2D eigenvalue weighted by molar-refractivity contribution is 0.215. The van der Waals surface area contributed by atoms with Gasteiger partial charge in [-0.1, -0.05) is 17.3 Å². The van der Waals surface area contributed by atoms with Crippen LogP contribution in [0.4, 0.5) is 14.5 Å². The van der Waals surface area contributed by atoms with Crippen molar-refractivity contribution in [2.45, 2.75) is 25.8 Å². The van der Waals surface area contributed by atoms with E-state index in [9.17, 15) is 13.9 Å². The fraction of sp³-hybridized carbons (Fsp3) is 0.241. The number of rotatable bonds is 5. The maximum absolute atomic E-state index is 14.5. The minimum Gasteiger partial charge on any atom is -0.507 e. The summed E-state index contributed by atoms with van der Waals surface area (Å²) in [6.45, 7) is 3.35. The Balaban J connectivity index is 1.74. The maximum atomic E-state index is 14.5. The predicted octanol–water partition coefficient (Wildman–Crippen LogP) is 5.77. The van der Waals surface area contributed by atoms with E-state index in [1.54, 1.807) is 12.3 Å². The molecule has 0 atom stereocenters. The molecule has 0 amide bonds. The fourth-order valence-corrected chi connectivity index (χ4v) is 4.96. The Morgan fingerprint density at radius 3 is 2.51 bits per heavy atom. The second kappa shape index (κ2) is 10.1. The number of pyridine rings is 1. The predicted molar refractivity (Wildman–Crippen MR) is 143 cm³/mol. The number of piperidine rings is 1. The summed E-state index contributed by atoms with van der Waals surface area (Å²) in [6, 6.07) is 13.1. The van der Waals surface area contributed by atoms with Crippen LogP contribution in [0.25, 0.3) is 33.2 Å². The third-order valence-electron chi connectivity index (χ3n) is 6.76. The number of aromatic nitrogens is 1. The van der Waals surface area contributed by atoms with Gasteiger partial charge in [0.2, 0.25) is 0 Å². The molecule has 0 aliphatic carbocycles. The average molecular weight is 503 g/mol. The molecule has 2 heterocycles. The van der Waals surface area contributed by atoms with Gasteiger partial charge in [-0.2, -0.15) is 0 Å². The second-order valence-electron chi connectivity index (χ2n) is 9.40. The van der Waals surface area contributed by atoms with Crippen molar-refractivity contribution in [2.24, 2.45) is 10.9 Å². The highest BCUT2D eigenvalue weighted by atomic mass is 19.1. The van der Waals surface area contributed by atoms with E-state index in [4.69, 9.17) is 10.6 Å². The van der Waals surface area contributed by atoms with Crippen LogP contribution in [0.5, 0.6) is 5.75 Å². The number of aromatic hydroxyl groups is 1. The van der Waals surface area contributed by atoms with Crippen molar-refractivity contribution in [1.29, 1.82) is 0 Å². The Hall–Kier alpha value is -4.04. The zero-order chi connectivity index (χ0) is 26.1. The molecule has 4 aromatic rings. The lowest BCUT2D eigenvalue weighted by Gasteiger charge is -2.34. The van der Waals surface area contributed by atoms with Gasteiger partial charge >= 0.3 is 0 Å². The van der Waals surface area contributed by atoms with Gasteiger partial charge in [-0.3, -0.25) is 4.98 Å². The molecular weight excluding hydrogens is 474 g/mol. The highest BCUT2D eigenvalue weighted by Gasteiger charge is 2.23. The Morgan fingerprint density at radius 2 is 1.78 bits per heavy atom. The van der Waals surface area contributed by atoms with Crippen LogP contribution in [0.1, 0.15) is 24.0 Å². The van der Waals surface area contributed by atoms with Crippen molar-refractivity contribution in [1.82, 2.24) is 4.98 Å². The van der Waals surface area contributed by atoms with E-state index >= 15 is 0 Å². The molecule has 1 aromatic heterocycles. The van der Waals surface area contributed by atoms with Crippen molar-refractivity contribution in [2.75, 3.05) is 25.1 Å². The molecule has 5 rings (SSSR count). The topological polar surface area (TPSA) is 84.0 Å². The first-order valence-corrected chi connectivity index (χ1v) is 12.1. The number of nitrogens with two attached hydrogens (primary N) is 1. The van der Waals surface area contributed by atoms with Gasteiger partial charge in [-0.15, -0.1) is 0 Å². The number of nitrogens with zero attached hydrogens (tertiary/aromatic N) is 3. The zero-order valence-corrected chi connectivity index (χ0v) is 20.7. The van der Waals surface area contributed by atoms with Crippen molar-refractivity contribution in [3.8, 4) is 28.0 Å². The van der Waals surface area contributed by atoms with E-state index < -0.39 is 5.82 Å². The minimum absolute atomic E-state index is 0.114. The van der Waals surface area contributed by atoms with Crippen molar-refractivity contribution in [3.05, 3.63) is 77.5 Å². The van der Waals surface area contributed by atoms with Crippen LogP contribution in [-0.2, 0) is 4.84 Å². The normalized spacial score (nSPS) is 14.6.